The number of benzene rings is 1. The molecule has 0 atom stereocenters. The van der Waals surface area contributed by atoms with Crippen LogP contribution < -0.4 is 5.32 Å². The Bertz CT molecular complexity index is 573. The molecule has 1 N–H and O–H groups in total. The molecule has 18 heavy (non-hydrogen) atoms. The van der Waals surface area contributed by atoms with E-state index in [9.17, 15) is 14.9 Å². The summed E-state index contributed by atoms with van der Waals surface area (Å²) in [6.45, 7) is 0. The second kappa shape index (κ2) is 4.31. The maximum atomic E-state index is 11.9. The van der Waals surface area contributed by atoms with Gasteiger partial charge < -0.3 is 5.32 Å². The molecule has 6 heteroatoms. The first-order valence-corrected chi connectivity index (χ1v) is 5.59. The van der Waals surface area contributed by atoms with Gasteiger partial charge in [0.15, 0.2) is 0 Å². The van der Waals surface area contributed by atoms with Crippen LogP contribution >= 0.6 is 11.6 Å². The Morgan fingerprint density at radius 1 is 1.56 bits per heavy atom. The third-order valence-electron chi connectivity index (χ3n) is 2.78. The molecule has 1 amide bonds. The molecule has 1 saturated carbocycles. The molecule has 0 aliphatic heterocycles. The minimum atomic E-state index is -0.606. The van der Waals surface area contributed by atoms with Crippen molar-refractivity contribution in [3.05, 3.63) is 38.9 Å². The summed E-state index contributed by atoms with van der Waals surface area (Å²) in [5.41, 5.74) is -0.729. The molecule has 0 unspecified atom stereocenters. The molecular weight excluding hydrogens is 256 g/mol. The third kappa shape index (κ3) is 2.29. The lowest BCUT2D eigenvalue weighted by atomic mass is 10.1. The maximum absolute atomic E-state index is 11.9. The summed E-state index contributed by atoms with van der Waals surface area (Å²) in [7, 11) is 0. The van der Waals surface area contributed by atoms with E-state index in [2.05, 4.69) is 11.2 Å². The van der Waals surface area contributed by atoms with E-state index in [0.29, 0.717) is 12.8 Å². The molecule has 1 aliphatic rings. The molecule has 0 heterocycles. The fourth-order valence-electron chi connectivity index (χ4n) is 1.52. The van der Waals surface area contributed by atoms with E-state index in [4.69, 9.17) is 18.0 Å². The van der Waals surface area contributed by atoms with Crippen LogP contribution in [0.3, 0.4) is 0 Å². The van der Waals surface area contributed by atoms with E-state index >= 15 is 0 Å². The SMILES string of the molecule is C#CC1(NC(=O)c2cc([N+](=O)[O-])ccc2Cl)CC1. The second-order valence-corrected chi connectivity index (χ2v) is 4.51. The van der Waals surface area contributed by atoms with Gasteiger partial charge in [-0.25, -0.2) is 0 Å². The number of carbonyl (C=O) groups excluding carboxylic acids is 1. The van der Waals surface area contributed by atoms with Gasteiger partial charge in [0.1, 0.15) is 5.54 Å². The number of nitro groups is 1. The minimum Gasteiger partial charge on any atom is -0.336 e. The van der Waals surface area contributed by atoms with Gasteiger partial charge >= 0.3 is 0 Å². The van der Waals surface area contributed by atoms with Crippen LogP contribution in [0.1, 0.15) is 23.2 Å². The van der Waals surface area contributed by atoms with Gasteiger partial charge in [0, 0.05) is 12.1 Å². The standard InChI is InChI=1S/C12H9ClN2O3/c1-2-12(5-6-12)14-11(16)9-7-8(15(17)18)3-4-10(9)13/h1,3-4,7H,5-6H2,(H,14,16). The highest BCUT2D eigenvalue weighted by molar-refractivity contribution is 6.34. The van der Waals surface area contributed by atoms with Crippen LogP contribution in [0, 0.1) is 22.5 Å². The highest BCUT2D eigenvalue weighted by Crippen LogP contribution is 2.35. The second-order valence-electron chi connectivity index (χ2n) is 4.10. The zero-order valence-electron chi connectivity index (χ0n) is 9.27. The smallest absolute Gasteiger partial charge is 0.270 e. The summed E-state index contributed by atoms with van der Waals surface area (Å²) < 4.78 is 0. The average molecular weight is 265 g/mol. The Balaban J connectivity index is 2.27. The summed E-state index contributed by atoms with van der Waals surface area (Å²) in [4.78, 5) is 22.0. The molecule has 1 aromatic rings. The van der Waals surface area contributed by atoms with E-state index in [1.165, 1.54) is 12.1 Å². The van der Waals surface area contributed by atoms with Crippen molar-refractivity contribution in [3.8, 4) is 12.3 Å². The Hall–Kier alpha value is -2.06. The van der Waals surface area contributed by atoms with Gasteiger partial charge in [-0.05, 0) is 18.9 Å². The van der Waals surface area contributed by atoms with Crippen LogP contribution in [0.2, 0.25) is 5.02 Å². The maximum Gasteiger partial charge on any atom is 0.270 e. The summed E-state index contributed by atoms with van der Waals surface area (Å²) in [6.07, 6.45) is 6.73. The number of halogens is 1. The van der Waals surface area contributed by atoms with Crippen molar-refractivity contribution >= 4 is 23.2 Å². The molecule has 92 valence electrons. The Labute approximate surface area is 108 Å². The molecule has 1 fully saturated rings. The summed E-state index contributed by atoms with van der Waals surface area (Å²) in [5.74, 6) is 2.01. The van der Waals surface area contributed by atoms with Crippen molar-refractivity contribution in [1.82, 2.24) is 5.32 Å². The highest BCUT2D eigenvalue weighted by atomic mass is 35.5. The number of nitrogens with one attached hydrogen (secondary N) is 1. The number of hydrogen-bond acceptors (Lipinski definition) is 3. The lowest BCUT2D eigenvalue weighted by Crippen LogP contribution is -2.35. The highest BCUT2D eigenvalue weighted by Gasteiger charge is 2.42. The summed E-state index contributed by atoms with van der Waals surface area (Å²) in [5, 5.41) is 13.5. The van der Waals surface area contributed by atoms with Crippen molar-refractivity contribution in [2.45, 2.75) is 18.4 Å². The van der Waals surface area contributed by atoms with Gasteiger partial charge in [-0.3, -0.25) is 14.9 Å². The van der Waals surface area contributed by atoms with Crippen molar-refractivity contribution in [1.29, 1.82) is 0 Å². The van der Waals surface area contributed by atoms with Crippen molar-refractivity contribution in [3.63, 3.8) is 0 Å². The van der Waals surface area contributed by atoms with E-state index in [1.807, 2.05) is 0 Å². The number of nitro benzene ring substituents is 1. The van der Waals surface area contributed by atoms with E-state index in [0.717, 1.165) is 6.07 Å². The molecule has 0 aromatic heterocycles. The minimum absolute atomic E-state index is 0.0624. The van der Waals surface area contributed by atoms with Crippen LogP contribution in [0.15, 0.2) is 18.2 Å². The number of rotatable bonds is 3. The first-order chi connectivity index (χ1) is 8.47. The number of nitrogens with zero attached hydrogens (tertiary/aromatic N) is 1. The molecule has 5 nitrogen and oxygen atoms in total. The predicted octanol–water partition coefficient (Wildman–Crippen LogP) is 2.14. The summed E-state index contributed by atoms with van der Waals surface area (Å²) in [6, 6.07) is 3.71. The molecule has 0 radical (unpaired) electrons. The fraction of sp³-hybridized carbons (Fsp3) is 0.250. The van der Waals surface area contributed by atoms with Crippen LogP contribution in [0.25, 0.3) is 0 Å². The number of carbonyl (C=O) groups is 1. The molecule has 2 rings (SSSR count). The average Bonchev–Trinajstić information content (AvgIpc) is 3.09. The molecule has 0 bridgehead atoms. The Morgan fingerprint density at radius 3 is 2.72 bits per heavy atom. The lowest BCUT2D eigenvalue weighted by molar-refractivity contribution is -0.384. The van der Waals surface area contributed by atoms with E-state index < -0.39 is 16.4 Å². The molecular formula is C12H9ClN2O3. The van der Waals surface area contributed by atoms with Gasteiger partial charge in [0.2, 0.25) is 0 Å². The van der Waals surface area contributed by atoms with Crippen LogP contribution in [0.5, 0.6) is 0 Å². The van der Waals surface area contributed by atoms with Gasteiger partial charge in [-0.2, -0.15) is 0 Å². The Kier molecular flexibility index (Phi) is 2.97. The van der Waals surface area contributed by atoms with Crippen LogP contribution in [-0.2, 0) is 0 Å². The van der Waals surface area contributed by atoms with Gasteiger partial charge in [-0.1, -0.05) is 17.5 Å². The van der Waals surface area contributed by atoms with Crippen LogP contribution in [-0.4, -0.2) is 16.4 Å². The van der Waals surface area contributed by atoms with Gasteiger partial charge in [0.05, 0.1) is 15.5 Å². The number of hydrogen-bond donors (Lipinski definition) is 1. The first-order valence-electron chi connectivity index (χ1n) is 5.22. The normalized spacial score (nSPS) is 15.6. The first kappa shape index (κ1) is 12.4. The number of non-ortho nitro benzene ring substituents is 1. The monoisotopic (exact) mass is 264 g/mol. The zero-order chi connectivity index (χ0) is 13.3. The van der Waals surface area contributed by atoms with E-state index in [-0.39, 0.29) is 16.3 Å². The number of terminal acetylenes is 1. The van der Waals surface area contributed by atoms with E-state index in [1.54, 1.807) is 0 Å². The topological polar surface area (TPSA) is 72.2 Å². The number of amides is 1. The predicted molar refractivity (Wildman–Crippen MR) is 66.4 cm³/mol. The largest absolute Gasteiger partial charge is 0.336 e. The van der Waals surface area contributed by atoms with Gasteiger partial charge in [0.25, 0.3) is 11.6 Å². The van der Waals surface area contributed by atoms with Crippen LogP contribution in [0.4, 0.5) is 5.69 Å². The lowest BCUT2D eigenvalue weighted by Gasteiger charge is -2.11. The van der Waals surface area contributed by atoms with Crippen molar-refractivity contribution < 1.29 is 9.72 Å². The quantitative estimate of drug-likeness (QED) is 0.516. The fourth-order valence-corrected chi connectivity index (χ4v) is 1.72. The summed E-state index contributed by atoms with van der Waals surface area (Å²) >= 11 is 5.85. The molecule has 1 aromatic carbocycles. The molecule has 0 saturated heterocycles. The Morgan fingerprint density at radius 2 is 2.22 bits per heavy atom. The molecule has 1 aliphatic carbocycles. The van der Waals surface area contributed by atoms with Crippen molar-refractivity contribution in [2.24, 2.45) is 0 Å². The molecule has 0 spiro atoms. The third-order valence-corrected chi connectivity index (χ3v) is 3.11. The van der Waals surface area contributed by atoms with Crippen molar-refractivity contribution in [2.75, 3.05) is 0 Å². The van der Waals surface area contributed by atoms with Gasteiger partial charge in [-0.15, -0.1) is 6.42 Å². The zero-order valence-corrected chi connectivity index (χ0v) is 10.0.